The lowest BCUT2D eigenvalue weighted by molar-refractivity contribution is -0.121. The molecule has 10 nitrogen and oxygen atoms in total. The molecule has 1 aromatic carbocycles. The molecule has 0 saturated heterocycles. The average molecular weight is 502 g/mol. The molecule has 0 bridgehead atoms. The average Bonchev–Trinajstić information content (AvgIpc) is 3.42. The number of methoxy groups -OCH3 is 1. The van der Waals surface area contributed by atoms with Gasteiger partial charge in [-0.25, -0.2) is 9.97 Å². The second-order valence-corrected chi connectivity index (χ2v) is 8.69. The number of carbonyl (C=O) groups is 2. The first kappa shape index (κ1) is 25.7. The van der Waals surface area contributed by atoms with Crippen molar-refractivity contribution >= 4 is 22.7 Å². The van der Waals surface area contributed by atoms with E-state index in [0.717, 1.165) is 41.4 Å². The highest BCUT2D eigenvalue weighted by Crippen LogP contribution is 2.31. The number of nitrogens with zero attached hydrogens (tertiary/aromatic N) is 4. The van der Waals surface area contributed by atoms with Gasteiger partial charge in [0.05, 0.1) is 48.2 Å². The molecule has 192 valence electrons. The second kappa shape index (κ2) is 12.6. The topological polar surface area (TPSA) is 135 Å². The highest BCUT2D eigenvalue weighted by atomic mass is 16.5. The van der Waals surface area contributed by atoms with Gasteiger partial charge in [-0.05, 0) is 25.0 Å². The van der Waals surface area contributed by atoms with Crippen molar-refractivity contribution in [3.63, 3.8) is 0 Å². The molecule has 0 spiro atoms. The Kier molecular flexibility index (Phi) is 8.75. The predicted octanol–water partition coefficient (Wildman–Crippen LogP) is 3.52. The van der Waals surface area contributed by atoms with Crippen LogP contribution in [0.2, 0.25) is 0 Å². The highest BCUT2D eigenvalue weighted by molar-refractivity contribution is 5.85. The van der Waals surface area contributed by atoms with E-state index in [4.69, 9.17) is 4.74 Å². The zero-order chi connectivity index (χ0) is 26.0. The summed E-state index contributed by atoms with van der Waals surface area (Å²) in [7, 11) is 3.23. The summed E-state index contributed by atoms with van der Waals surface area (Å²) in [5.74, 6) is 0.997. The predicted molar refractivity (Wildman–Crippen MR) is 140 cm³/mol. The van der Waals surface area contributed by atoms with Gasteiger partial charge in [-0.2, -0.15) is 0 Å². The van der Waals surface area contributed by atoms with E-state index in [0.29, 0.717) is 30.2 Å². The fourth-order valence-electron chi connectivity index (χ4n) is 4.14. The summed E-state index contributed by atoms with van der Waals surface area (Å²) >= 11 is 0. The molecule has 0 radical (unpaired) electrons. The van der Waals surface area contributed by atoms with Crippen LogP contribution in [0.5, 0.6) is 5.88 Å². The van der Waals surface area contributed by atoms with Crippen LogP contribution in [-0.4, -0.2) is 50.9 Å². The van der Waals surface area contributed by atoms with E-state index in [1.165, 1.54) is 0 Å². The number of imidazole rings is 1. The largest absolute Gasteiger partial charge is 0.480 e. The molecule has 0 aliphatic carbocycles. The van der Waals surface area contributed by atoms with Gasteiger partial charge in [0.15, 0.2) is 0 Å². The van der Waals surface area contributed by atoms with Crippen LogP contribution in [0, 0.1) is 0 Å². The number of fused-ring (bicyclic) bond motifs is 1. The maximum absolute atomic E-state index is 12.8. The smallest absolute Gasteiger partial charge is 0.226 e. The molecule has 0 unspecified atom stereocenters. The summed E-state index contributed by atoms with van der Waals surface area (Å²) in [5.41, 5.74) is 2.97. The van der Waals surface area contributed by atoms with Crippen LogP contribution >= 0.6 is 0 Å². The van der Waals surface area contributed by atoms with Gasteiger partial charge in [-0.1, -0.05) is 31.0 Å². The summed E-state index contributed by atoms with van der Waals surface area (Å²) in [6.07, 6.45) is 10.2. The van der Waals surface area contributed by atoms with E-state index in [1.807, 2.05) is 30.3 Å². The van der Waals surface area contributed by atoms with Crippen molar-refractivity contribution < 1.29 is 14.3 Å². The number of aromatic nitrogens is 5. The Morgan fingerprint density at radius 2 is 1.92 bits per heavy atom. The molecule has 4 aromatic rings. The quantitative estimate of drug-likeness (QED) is 0.253. The van der Waals surface area contributed by atoms with E-state index in [9.17, 15) is 9.59 Å². The molecular formula is C27H31N7O3. The van der Waals surface area contributed by atoms with Crippen molar-refractivity contribution in [2.75, 3.05) is 14.2 Å². The standard InChI is InChI=1S/C27H31N7O3/c1-28-24(35)11-5-3-4-10-22(32-25(36)15-19-16-29-12-13-30-19)26-31-17-23(33-26)20-14-18-8-6-7-9-21(18)34-27(20)37-2/h6-9,12-14,16-17,22H,3-5,10-11,15H2,1-2H3,(H,28,35)(H,31,33)(H,32,36)/t22-/m0/s1. The fourth-order valence-corrected chi connectivity index (χ4v) is 4.14. The molecule has 0 aliphatic heterocycles. The number of ether oxygens (including phenoxy) is 1. The molecule has 2 amide bonds. The van der Waals surface area contributed by atoms with Crippen molar-refractivity contribution in [3.05, 3.63) is 66.6 Å². The van der Waals surface area contributed by atoms with Gasteiger partial charge in [0, 0.05) is 37.4 Å². The van der Waals surface area contributed by atoms with E-state index >= 15 is 0 Å². The van der Waals surface area contributed by atoms with E-state index in [1.54, 1.807) is 38.9 Å². The van der Waals surface area contributed by atoms with Crippen molar-refractivity contribution in [2.24, 2.45) is 0 Å². The van der Waals surface area contributed by atoms with E-state index < -0.39 is 0 Å². The summed E-state index contributed by atoms with van der Waals surface area (Å²) in [4.78, 5) is 45.2. The van der Waals surface area contributed by atoms with Gasteiger partial charge in [-0.3, -0.25) is 19.6 Å². The lowest BCUT2D eigenvalue weighted by Crippen LogP contribution is -2.31. The van der Waals surface area contributed by atoms with Gasteiger partial charge in [0.25, 0.3) is 0 Å². The number of hydrogen-bond acceptors (Lipinski definition) is 7. The molecule has 1 atom stereocenters. The summed E-state index contributed by atoms with van der Waals surface area (Å²) in [6.45, 7) is 0. The number of unbranched alkanes of at least 4 members (excludes halogenated alkanes) is 2. The van der Waals surface area contributed by atoms with Crippen LogP contribution in [0.3, 0.4) is 0 Å². The Morgan fingerprint density at radius 3 is 2.70 bits per heavy atom. The maximum atomic E-state index is 12.8. The van der Waals surface area contributed by atoms with Crippen LogP contribution in [0.25, 0.3) is 22.2 Å². The Balaban J connectivity index is 1.52. The number of amides is 2. The van der Waals surface area contributed by atoms with Gasteiger partial charge < -0.3 is 20.4 Å². The third-order valence-electron chi connectivity index (χ3n) is 6.07. The van der Waals surface area contributed by atoms with Crippen LogP contribution in [0.15, 0.2) is 55.1 Å². The Labute approximate surface area is 215 Å². The van der Waals surface area contributed by atoms with Crippen LogP contribution in [-0.2, 0) is 16.0 Å². The van der Waals surface area contributed by atoms with Gasteiger partial charge in [-0.15, -0.1) is 0 Å². The molecule has 3 N–H and O–H groups in total. The molecule has 0 fully saturated rings. The summed E-state index contributed by atoms with van der Waals surface area (Å²) in [6, 6.07) is 9.51. The van der Waals surface area contributed by atoms with Crippen LogP contribution < -0.4 is 15.4 Å². The minimum Gasteiger partial charge on any atom is -0.480 e. The van der Waals surface area contributed by atoms with Crippen molar-refractivity contribution in [2.45, 2.75) is 44.6 Å². The zero-order valence-corrected chi connectivity index (χ0v) is 21.0. The van der Waals surface area contributed by atoms with E-state index in [2.05, 4.69) is 35.6 Å². The van der Waals surface area contributed by atoms with Crippen molar-refractivity contribution in [3.8, 4) is 17.1 Å². The number of hydrogen-bond donors (Lipinski definition) is 3. The third-order valence-corrected chi connectivity index (χ3v) is 6.07. The van der Waals surface area contributed by atoms with Gasteiger partial charge in [0.1, 0.15) is 5.82 Å². The summed E-state index contributed by atoms with van der Waals surface area (Å²) in [5, 5.41) is 6.72. The summed E-state index contributed by atoms with van der Waals surface area (Å²) < 4.78 is 5.55. The molecule has 0 aliphatic rings. The molecule has 37 heavy (non-hydrogen) atoms. The molecule has 3 heterocycles. The first-order valence-electron chi connectivity index (χ1n) is 12.3. The Hall–Kier alpha value is -4.34. The Morgan fingerprint density at radius 1 is 1.05 bits per heavy atom. The lowest BCUT2D eigenvalue weighted by atomic mass is 10.1. The first-order chi connectivity index (χ1) is 18.1. The molecule has 10 heteroatoms. The highest BCUT2D eigenvalue weighted by Gasteiger charge is 2.20. The van der Waals surface area contributed by atoms with E-state index in [-0.39, 0.29) is 24.3 Å². The number of nitrogens with one attached hydrogen (secondary N) is 3. The normalized spacial score (nSPS) is 11.7. The van der Waals surface area contributed by atoms with Crippen molar-refractivity contribution in [1.29, 1.82) is 0 Å². The first-order valence-corrected chi connectivity index (χ1v) is 12.3. The number of pyridine rings is 1. The zero-order valence-electron chi connectivity index (χ0n) is 21.0. The number of aromatic amines is 1. The number of H-pyrrole nitrogens is 1. The number of para-hydroxylation sites is 1. The van der Waals surface area contributed by atoms with Gasteiger partial charge in [0.2, 0.25) is 17.7 Å². The fraction of sp³-hybridized carbons (Fsp3) is 0.333. The molecule has 0 saturated carbocycles. The molecule has 4 rings (SSSR count). The third kappa shape index (κ3) is 6.87. The monoisotopic (exact) mass is 501 g/mol. The molecule has 3 aromatic heterocycles. The van der Waals surface area contributed by atoms with Crippen LogP contribution in [0.4, 0.5) is 0 Å². The number of benzene rings is 1. The van der Waals surface area contributed by atoms with Crippen molar-refractivity contribution in [1.82, 2.24) is 35.6 Å². The number of carbonyl (C=O) groups excluding carboxylic acids is 2. The molecular weight excluding hydrogens is 470 g/mol. The van der Waals surface area contributed by atoms with Crippen LogP contribution in [0.1, 0.15) is 49.7 Å². The lowest BCUT2D eigenvalue weighted by Gasteiger charge is -2.17. The Bertz CT molecular complexity index is 1340. The SMILES string of the molecule is CNC(=O)CCCCC[C@H](NC(=O)Cc1cnccn1)c1ncc(-c2cc3ccccc3nc2OC)[nH]1. The van der Waals surface area contributed by atoms with Gasteiger partial charge >= 0.3 is 0 Å². The minimum atomic E-state index is -0.336. The number of rotatable bonds is 12. The maximum Gasteiger partial charge on any atom is 0.226 e. The minimum absolute atomic E-state index is 0.0300. The second-order valence-electron chi connectivity index (χ2n) is 8.69.